The standard InChI is InChI=1S/C27H49NO2Si2.C21H35NO2Si.C7H15F3O3SSi/c1-25(2,3)31(7,8)29-24(27(17-18-27)30-32(9,10)26(4,5)6)23-16-19-28(21-23)20-22-14-12-11-13-15-22;1-20(2,3)25(4,5)24-21(12-13-21)19(23)18-11-14-22(16-18)15-17-9-7-6-8-10-17;1-6(2,3)15(4,5)13-14(11,12)7(8,9)10/h11-15,23-24H,16-21H2,1-10H3;6-10,18-19,23H,11-16H2,1-5H3;1-5H3. The number of rotatable bonds is 16. The zero-order valence-corrected chi connectivity index (χ0v) is 53.2. The summed E-state index contributed by atoms with van der Waals surface area (Å²) in [5, 5.41) is 11.2. The van der Waals surface area contributed by atoms with Crippen LogP contribution in [0.25, 0.3) is 0 Å². The van der Waals surface area contributed by atoms with Gasteiger partial charge in [0.2, 0.25) is 8.32 Å². The zero-order valence-electron chi connectivity index (χ0n) is 48.4. The van der Waals surface area contributed by atoms with Crippen LogP contribution in [0.3, 0.4) is 0 Å². The summed E-state index contributed by atoms with van der Waals surface area (Å²) in [6, 6.07) is 21.5. The Kier molecular flexibility index (Phi) is 19.9. The minimum atomic E-state index is -5.48. The van der Waals surface area contributed by atoms with E-state index in [0.29, 0.717) is 11.8 Å². The fraction of sp³-hybridized carbons (Fsp3) is 0.782. The van der Waals surface area contributed by atoms with Gasteiger partial charge >= 0.3 is 15.6 Å². The Morgan fingerprint density at radius 2 is 0.917 bits per heavy atom. The van der Waals surface area contributed by atoms with E-state index >= 15 is 0 Å². The molecular weight excluding hydrogens is 1000 g/mol. The van der Waals surface area contributed by atoms with Crippen LogP contribution in [0.1, 0.15) is 133 Å². The highest BCUT2D eigenvalue weighted by Crippen LogP contribution is 2.55. The number of aliphatic hydroxyl groups is 1. The van der Waals surface area contributed by atoms with Crippen LogP contribution in [0, 0.1) is 11.8 Å². The third-order valence-corrected chi connectivity index (χ3v) is 37.9. The fourth-order valence-electron chi connectivity index (χ4n) is 8.68. The number of likely N-dealkylation sites (tertiary alicyclic amines) is 2. The van der Waals surface area contributed by atoms with Gasteiger partial charge in [-0.15, -0.1) is 0 Å². The molecule has 0 bridgehead atoms. The van der Waals surface area contributed by atoms with E-state index in [1.165, 1.54) is 30.6 Å². The molecule has 0 aromatic heterocycles. The van der Waals surface area contributed by atoms with Gasteiger partial charge in [0, 0.05) is 38.0 Å². The average molecular weight is 1100 g/mol. The molecule has 2 saturated carbocycles. The highest BCUT2D eigenvalue weighted by Gasteiger charge is 2.61. The van der Waals surface area contributed by atoms with Crippen molar-refractivity contribution in [1.29, 1.82) is 0 Å². The molecular formula is C55H99F3N2O7SSi4. The van der Waals surface area contributed by atoms with Crippen molar-refractivity contribution in [3.63, 3.8) is 0 Å². The molecule has 4 unspecified atom stereocenters. The van der Waals surface area contributed by atoms with Crippen molar-refractivity contribution in [3.8, 4) is 0 Å². The number of alkyl halides is 3. The lowest BCUT2D eigenvalue weighted by molar-refractivity contribution is -0.0504. The Balaban J connectivity index is 0.000000251. The Labute approximate surface area is 440 Å². The minimum absolute atomic E-state index is 0.0635. The quantitative estimate of drug-likeness (QED) is 0.130. The van der Waals surface area contributed by atoms with E-state index in [1.807, 2.05) is 0 Å². The number of benzene rings is 2. The number of nitrogens with zero attached hydrogens (tertiary/aromatic N) is 2. The van der Waals surface area contributed by atoms with Crippen LogP contribution < -0.4 is 0 Å². The van der Waals surface area contributed by atoms with Gasteiger partial charge in [0.05, 0.1) is 23.4 Å². The smallest absolute Gasteiger partial charge is 0.411 e. The summed E-state index contributed by atoms with van der Waals surface area (Å²) in [4.78, 5) is 5.11. The molecule has 0 radical (unpaired) electrons. The lowest BCUT2D eigenvalue weighted by atomic mass is 9.95. The van der Waals surface area contributed by atoms with Crippen molar-refractivity contribution in [2.24, 2.45) is 11.8 Å². The lowest BCUT2D eigenvalue weighted by Crippen LogP contribution is -2.55. The Hall–Kier alpha value is -1.23. The predicted octanol–water partition coefficient (Wildman–Crippen LogP) is 14.7. The summed E-state index contributed by atoms with van der Waals surface area (Å²) in [5.74, 6) is 0.899. The summed E-state index contributed by atoms with van der Waals surface area (Å²) < 4.78 is 83.3. The van der Waals surface area contributed by atoms with E-state index < -0.39 is 53.9 Å². The molecule has 6 rings (SSSR count). The number of hydrogen-bond acceptors (Lipinski definition) is 9. The highest BCUT2D eigenvalue weighted by atomic mass is 32.2. The van der Waals surface area contributed by atoms with Gasteiger partial charge < -0.3 is 22.3 Å². The molecule has 9 nitrogen and oxygen atoms in total. The van der Waals surface area contributed by atoms with Crippen molar-refractivity contribution < 1.29 is 43.8 Å². The molecule has 2 aliphatic heterocycles. The summed E-state index contributed by atoms with van der Waals surface area (Å²) in [6.45, 7) is 49.5. The highest BCUT2D eigenvalue weighted by molar-refractivity contribution is 7.88. The summed E-state index contributed by atoms with van der Waals surface area (Å²) >= 11 is 0. The molecule has 4 fully saturated rings. The maximum absolute atomic E-state index is 12.1. The maximum Gasteiger partial charge on any atom is 0.522 e. The Morgan fingerprint density at radius 1 is 0.569 bits per heavy atom. The summed E-state index contributed by atoms with van der Waals surface area (Å²) in [7, 11) is -14.1. The number of hydrogen-bond donors (Lipinski definition) is 1. The van der Waals surface area contributed by atoms with E-state index in [1.54, 1.807) is 20.8 Å². The third kappa shape index (κ3) is 16.4. The number of aliphatic hydroxyl groups excluding tert-OH is 1. The first-order valence-corrected chi connectivity index (χ1v) is 39.7. The molecule has 4 aliphatic rings. The van der Waals surface area contributed by atoms with E-state index in [2.05, 4.69) is 176 Å². The van der Waals surface area contributed by atoms with Crippen molar-refractivity contribution in [1.82, 2.24) is 9.80 Å². The Bertz CT molecular complexity index is 2150. The zero-order chi connectivity index (χ0) is 55.0. The monoisotopic (exact) mass is 1100 g/mol. The van der Waals surface area contributed by atoms with Gasteiger partial charge in [0.25, 0.3) is 0 Å². The van der Waals surface area contributed by atoms with Crippen molar-refractivity contribution in [3.05, 3.63) is 71.8 Å². The first kappa shape index (κ1) is 63.3. The van der Waals surface area contributed by atoms with Gasteiger partial charge in [-0.3, -0.25) is 9.80 Å². The maximum atomic E-state index is 12.1. The van der Waals surface area contributed by atoms with E-state index in [-0.39, 0.29) is 38.5 Å². The van der Waals surface area contributed by atoms with Crippen LogP contribution in [-0.2, 0) is 40.4 Å². The SMILES string of the molecule is CC(C)(C)[Si](C)(C)OC(C1CCN(Cc2ccccc2)C1)C1(O[Si](C)(C)C(C)(C)C)CC1.CC(C)(C)[Si](C)(C)OC1(C(O)C2CCN(Cc3ccccc3)C2)CC1.CC(C)(C)[Si](C)(C)OS(=O)(=O)C(F)(F)F. The summed E-state index contributed by atoms with van der Waals surface area (Å²) in [5.41, 5.74) is -2.89. The van der Waals surface area contributed by atoms with E-state index in [4.69, 9.17) is 13.3 Å². The van der Waals surface area contributed by atoms with E-state index in [9.17, 15) is 26.7 Å². The van der Waals surface area contributed by atoms with E-state index in [0.717, 1.165) is 71.4 Å². The second-order valence-corrected chi connectivity index (χ2v) is 48.6. The molecule has 0 spiro atoms. The molecule has 4 atom stereocenters. The van der Waals surface area contributed by atoms with Crippen LogP contribution >= 0.6 is 0 Å². The topological polar surface area (TPSA) is 97.8 Å². The second kappa shape index (κ2) is 22.6. The van der Waals surface area contributed by atoms with Gasteiger partial charge in [-0.05, 0) is 135 Å². The molecule has 2 saturated heterocycles. The second-order valence-electron chi connectivity index (χ2n) is 27.9. The van der Waals surface area contributed by atoms with Crippen LogP contribution in [0.5, 0.6) is 0 Å². The Morgan fingerprint density at radius 3 is 1.26 bits per heavy atom. The summed E-state index contributed by atoms with van der Waals surface area (Å²) in [6.07, 6.45) is 6.57. The van der Waals surface area contributed by atoms with Crippen LogP contribution in [0.15, 0.2) is 60.7 Å². The van der Waals surface area contributed by atoms with Crippen LogP contribution in [0.4, 0.5) is 13.2 Å². The molecule has 2 aromatic carbocycles. The molecule has 2 aromatic rings. The number of halogens is 3. The lowest BCUT2D eigenvalue weighted by Gasteiger charge is -2.47. The first-order chi connectivity index (χ1) is 32.4. The van der Waals surface area contributed by atoms with Gasteiger partial charge in [-0.2, -0.15) is 21.6 Å². The van der Waals surface area contributed by atoms with Crippen LogP contribution in [-0.4, -0.2) is 112 Å². The molecule has 17 heteroatoms. The van der Waals surface area contributed by atoms with Gasteiger partial charge in [-0.25, -0.2) is 0 Å². The molecule has 2 aliphatic carbocycles. The molecule has 0 amide bonds. The third-order valence-electron chi connectivity index (χ3n) is 17.7. The van der Waals surface area contributed by atoms with Gasteiger partial charge in [0.1, 0.15) is 0 Å². The molecule has 72 heavy (non-hydrogen) atoms. The average Bonchev–Trinajstić information content (AvgIpc) is 4.06. The molecule has 414 valence electrons. The van der Waals surface area contributed by atoms with Gasteiger partial charge in [-0.1, -0.05) is 144 Å². The first-order valence-electron chi connectivity index (χ1n) is 26.7. The minimum Gasteiger partial charge on any atom is -0.411 e. The molecule has 1 N–H and O–H groups in total. The predicted molar refractivity (Wildman–Crippen MR) is 301 cm³/mol. The van der Waals surface area contributed by atoms with Crippen molar-refractivity contribution >= 4 is 43.4 Å². The fourth-order valence-corrected chi connectivity index (χ4v) is 16.9. The van der Waals surface area contributed by atoms with Gasteiger partial charge in [0.15, 0.2) is 25.0 Å². The van der Waals surface area contributed by atoms with Crippen molar-refractivity contribution in [2.75, 3.05) is 26.2 Å². The molecule has 2 heterocycles. The largest absolute Gasteiger partial charge is 0.522 e. The van der Waals surface area contributed by atoms with Crippen LogP contribution in [0.2, 0.25) is 72.5 Å². The van der Waals surface area contributed by atoms with Crippen molar-refractivity contribution in [2.45, 2.75) is 236 Å². The normalized spacial score (nSPS) is 22.3.